The van der Waals surface area contributed by atoms with Gasteiger partial charge in [0.25, 0.3) is 5.92 Å². The second-order valence-electron chi connectivity index (χ2n) is 14.1. The van der Waals surface area contributed by atoms with E-state index in [1.165, 1.54) is 7.11 Å². The molecular weight excluding hydrogens is 609 g/mol. The van der Waals surface area contributed by atoms with Crippen molar-refractivity contribution in [3.63, 3.8) is 0 Å². The molecule has 1 saturated heterocycles. The Hall–Kier alpha value is -1.97. The molecule has 1 saturated carbocycles. The van der Waals surface area contributed by atoms with Crippen LogP contribution >= 0.6 is 0 Å². The van der Waals surface area contributed by atoms with Gasteiger partial charge >= 0.3 is 6.03 Å². The molecule has 0 radical (unpaired) electrons. The Balaban J connectivity index is 1.76. The Morgan fingerprint density at radius 2 is 1.95 bits per heavy atom. The third kappa shape index (κ3) is 9.06. The number of methoxy groups -OCH3 is 1. The van der Waals surface area contributed by atoms with Gasteiger partial charge in [-0.3, -0.25) is 0 Å². The van der Waals surface area contributed by atoms with Crippen molar-refractivity contribution in [2.75, 3.05) is 33.4 Å². The molecule has 1 aliphatic heterocycles. The first-order valence-corrected chi connectivity index (χ1v) is 20.2. The van der Waals surface area contributed by atoms with E-state index >= 15 is 0 Å². The number of aromatic nitrogens is 2. The van der Waals surface area contributed by atoms with Crippen molar-refractivity contribution >= 4 is 36.1 Å². The van der Waals surface area contributed by atoms with Crippen LogP contribution < -0.4 is 10.0 Å². The predicted molar refractivity (Wildman–Crippen MR) is 171 cm³/mol. The summed E-state index contributed by atoms with van der Waals surface area (Å²) in [7, 11) is -1.27. The maximum absolute atomic E-state index is 14.4. The number of fused-ring (bicyclic) bond motifs is 1. The summed E-state index contributed by atoms with van der Waals surface area (Å²) in [5.41, 5.74) is 1.99. The van der Waals surface area contributed by atoms with Gasteiger partial charge in [-0.15, -0.1) is 0 Å². The first-order chi connectivity index (χ1) is 20.5. The molecule has 2 amide bonds. The summed E-state index contributed by atoms with van der Waals surface area (Å²) < 4.78 is 64.7. The summed E-state index contributed by atoms with van der Waals surface area (Å²) in [5, 5.41) is 2.30. The molecule has 1 aliphatic carbocycles. The van der Waals surface area contributed by atoms with Crippen molar-refractivity contribution in [3.8, 4) is 0 Å². The number of carbonyl (C=O) groups excluding carboxylic acids is 1. The van der Waals surface area contributed by atoms with Crippen molar-refractivity contribution < 1.29 is 32.0 Å². The Bertz CT molecular complexity index is 1330. The van der Waals surface area contributed by atoms with E-state index in [1.807, 2.05) is 50.5 Å². The van der Waals surface area contributed by atoms with Crippen LogP contribution in [0.1, 0.15) is 64.0 Å². The average Bonchev–Trinajstić information content (AvgIpc) is 3.66. The molecule has 2 fully saturated rings. The lowest BCUT2D eigenvalue weighted by Gasteiger charge is -2.38. The number of urea groups is 1. The molecule has 1 unspecified atom stereocenters. The Kier molecular flexibility index (Phi) is 10.9. The molecule has 0 bridgehead atoms. The third-order valence-electron chi connectivity index (χ3n) is 7.73. The fourth-order valence-electron chi connectivity index (χ4n) is 4.98. The largest absolute Gasteiger partial charge is 0.382 e. The highest BCUT2D eigenvalue weighted by Gasteiger charge is 2.42. The molecule has 2 N–H and O–H groups in total. The van der Waals surface area contributed by atoms with E-state index in [0.717, 1.165) is 29.3 Å². The molecule has 10 nitrogen and oxygen atoms in total. The van der Waals surface area contributed by atoms with Gasteiger partial charge in [0.05, 0.1) is 64.7 Å². The molecule has 2 aliphatic rings. The van der Waals surface area contributed by atoms with Crippen LogP contribution in [0.2, 0.25) is 25.7 Å². The fourth-order valence-corrected chi connectivity index (χ4v) is 6.61. The molecule has 4 atom stereocenters. The van der Waals surface area contributed by atoms with Gasteiger partial charge < -0.3 is 29.0 Å². The van der Waals surface area contributed by atoms with Crippen LogP contribution in [-0.4, -0.2) is 89.1 Å². The smallest absolute Gasteiger partial charge is 0.318 e. The molecule has 1 aromatic heterocycles. The van der Waals surface area contributed by atoms with Crippen LogP contribution in [0, 0.1) is 0 Å². The topological polar surface area (TPSA) is 107 Å². The van der Waals surface area contributed by atoms with Crippen molar-refractivity contribution in [3.05, 3.63) is 29.6 Å². The number of alkyl halides is 2. The van der Waals surface area contributed by atoms with Gasteiger partial charge in [0.2, 0.25) is 0 Å². The zero-order chi connectivity index (χ0) is 32.4. The highest BCUT2D eigenvalue weighted by Crippen LogP contribution is 2.34. The van der Waals surface area contributed by atoms with E-state index in [4.69, 9.17) is 19.2 Å². The minimum Gasteiger partial charge on any atom is -0.382 e. The van der Waals surface area contributed by atoms with Crippen molar-refractivity contribution in [2.24, 2.45) is 0 Å². The molecule has 44 heavy (non-hydrogen) atoms. The van der Waals surface area contributed by atoms with Gasteiger partial charge in [-0.1, -0.05) is 25.7 Å². The molecule has 248 valence electrons. The number of carbonyl (C=O) groups is 1. The number of nitrogens with one attached hydrogen (secondary N) is 2. The lowest BCUT2D eigenvalue weighted by atomic mass is 10.0. The van der Waals surface area contributed by atoms with Crippen LogP contribution in [0.15, 0.2) is 18.2 Å². The van der Waals surface area contributed by atoms with Crippen LogP contribution in [-0.2, 0) is 31.9 Å². The number of benzene rings is 1. The molecule has 0 spiro atoms. The molecule has 2 heterocycles. The van der Waals surface area contributed by atoms with Crippen LogP contribution in [0.3, 0.4) is 0 Å². The first kappa shape index (κ1) is 34.9. The Morgan fingerprint density at radius 3 is 2.57 bits per heavy atom. The summed E-state index contributed by atoms with van der Waals surface area (Å²) in [4.78, 5) is 18.8. The molecule has 1 aromatic carbocycles. The summed E-state index contributed by atoms with van der Waals surface area (Å²) >= 11 is 0. The second kappa shape index (κ2) is 13.8. The monoisotopic (exact) mass is 657 g/mol. The SMILES string of the molecule is COC[C@H](c1ccc2c(c1)nc([C@@H](NS(=O)C(C)(C)C)[C@@H](C)OC1CC1)n2COCC[Si](C)(C)C)N1CC(F)(F)CNC1=O. The number of amides is 2. The Labute approximate surface area is 263 Å². The van der Waals surface area contributed by atoms with E-state index in [0.29, 0.717) is 23.5 Å². The molecular formula is C30H49F2N5O5SSi. The van der Waals surface area contributed by atoms with E-state index in [1.54, 1.807) is 0 Å². The van der Waals surface area contributed by atoms with E-state index in [-0.39, 0.29) is 25.5 Å². The lowest BCUT2D eigenvalue weighted by Crippen LogP contribution is -2.58. The van der Waals surface area contributed by atoms with Crippen molar-refractivity contribution in [2.45, 2.75) is 108 Å². The fraction of sp³-hybridized carbons (Fsp3) is 0.733. The van der Waals surface area contributed by atoms with Gasteiger partial charge in [0.15, 0.2) is 0 Å². The average molecular weight is 658 g/mol. The number of rotatable bonds is 15. The Morgan fingerprint density at radius 1 is 1.25 bits per heavy atom. The summed E-state index contributed by atoms with van der Waals surface area (Å²) in [6, 6.07) is 4.65. The number of nitrogens with zero attached hydrogens (tertiary/aromatic N) is 3. The van der Waals surface area contributed by atoms with Crippen LogP contribution in [0.4, 0.5) is 13.6 Å². The minimum absolute atomic E-state index is 0.0311. The summed E-state index contributed by atoms with van der Waals surface area (Å²) in [6.45, 7) is 14.0. The van der Waals surface area contributed by atoms with E-state index in [9.17, 15) is 17.8 Å². The molecule has 2 aromatic rings. The zero-order valence-electron chi connectivity index (χ0n) is 27.2. The van der Waals surface area contributed by atoms with Gasteiger partial charge in [0.1, 0.15) is 18.6 Å². The highest BCUT2D eigenvalue weighted by molar-refractivity contribution is 7.84. The number of ether oxygens (including phenoxy) is 3. The maximum Gasteiger partial charge on any atom is 0.318 e. The standard InChI is InChI=1S/C30H49F2N5O5SSi/c1-20(42-22-10-11-22)26(35-43(39)29(2,3)4)27-34-23-15-21(9-12-24(23)37(27)19-41-13-14-44(6,7)8)25(16-40-5)36-18-30(31,32)17-33-28(36)38/h9,12,15,20,22,25-26,35H,10-11,13-14,16-19H2,1-8H3,(H,33,38)/t20-,25-,26+,43?/m1/s1. The number of imidazole rings is 1. The van der Waals surface area contributed by atoms with Gasteiger partial charge in [0, 0.05) is 21.8 Å². The lowest BCUT2D eigenvalue weighted by molar-refractivity contribution is -0.0509. The zero-order valence-corrected chi connectivity index (χ0v) is 29.1. The van der Waals surface area contributed by atoms with Gasteiger partial charge in [-0.05, 0) is 64.3 Å². The minimum atomic E-state index is -3.06. The molecule has 14 heteroatoms. The highest BCUT2D eigenvalue weighted by atomic mass is 32.2. The molecule has 4 rings (SSSR count). The van der Waals surface area contributed by atoms with Crippen LogP contribution in [0.5, 0.6) is 0 Å². The number of halogens is 2. The summed E-state index contributed by atoms with van der Waals surface area (Å²) in [6.07, 6.45) is 1.80. The summed E-state index contributed by atoms with van der Waals surface area (Å²) in [5.74, 6) is -2.45. The number of hydrogen-bond acceptors (Lipinski definition) is 6. The van der Waals surface area contributed by atoms with Crippen LogP contribution in [0.25, 0.3) is 11.0 Å². The predicted octanol–water partition coefficient (Wildman–Crippen LogP) is 5.36. The van der Waals surface area contributed by atoms with Crippen molar-refractivity contribution in [1.29, 1.82) is 0 Å². The van der Waals surface area contributed by atoms with Crippen molar-refractivity contribution in [1.82, 2.24) is 24.5 Å². The van der Waals surface area contributed by atoms with Gasteiger partial charge in [-0.2, -0.15) is 0 Å². The first-order valence-electron chi connectivity index (χ1n) is 15.3. The second-order valence-corrected chi connectivity index (χ2v) is 21.7. The van der Waals surface area contributed by atoms with E-state index in [2.05, 4.69) is 29.7 Å². The quantitative estimate of drug-likeness (QED) is 0.198. The maximum atomic E-state index is 14.4. The number of hydrogen-bond donors (Lipinski definition) is 2. The van der Waals surface area contributed by atoms with E-state index < -0.39 is 60.9 Å². The normalized spacial score (nSPS) is 20.4. The third-order valence-corrected chi connectivity index (χ3v) is 11.0. The van der Waals surface area contributed by atoms with Gasteiger partial charge in [-0.25, -0.2) is 27.5 Å².